The van der Waals surface area contributed by atoms with E-state index in [4.69, 9.17) is 0 Å². The lowest BCUT2D eigenvalue weighted by Gasteiger charge is -2.36. The van der Waals surface area contributed by atoms with Crippen LogP contribution in [0.2, 0.25) is 0 Å². The molecule has 0 amide bonds. The number of nitrogens with zero attached hydrogens (tertiary/aromatic N) is 4. The molecule has 1 aliphatic heterocycles. The van der Waals surface area contributed by atoms with Gasteiger partial charge in [0, 0.05) is 34.2 Å². The summed E-state index contributed by atoms with van der Waals surface area (Å²) in [5.74, 6) is -1.33. The first-order valence-electron chi connectivity index (χ1n) is 10.1. The predicted octanol–water partition coefficient (Wildman–Crippen LogP) is 2.43. The van der Waals surface area contributed by atoms with Crippen molar-refractivity contribution in [1.29, 1.82) is 0 Å². The number of aromatic amines is 1. The number of aromatic nitrogens is 3. The van der Waals surface area contributed by atoms with E-state index in [-0.39, 0.29) is 12.7 Å². The van der Waals surface area contributed by atoms with Crippen LogP contribution in [-0.4, -0.2) is 59.1 Å². The van der Waals surface area contributed by atoms with Gasteiger partial charge in [0.25, 0.3) is 5.56 Å². The third kappa shape index (κ3) is 4.13. The van der Waals surface area contributed by atoms with Crippen molar-refractivity contribution in [3.05, 3.63) is 63.1 Å². The molecule has 0 aliphatic carbocycles. The monoisotopic (exact) mass is 427 g/mol. The number of anilines is 1. The van der Waals surface area contributed by atoms with E-state index in [1.807, 2.05) is 24.0 Å². The molecular weight excluding hydrogens is 401 g/mol. The molecule has 1 N–H and O–H groups in total. The second-order valence-electron chi connectivity index (χ2n) is 7.66. The third-order valence-corrected chi connectivity index (χ3v) is 5.74. The lowest BCUT2D eigenvalue weighted by Crippen LogP contribution is -2.46. The molecule has 0 spiro atoms. The average Bonchev–Trinajstić information content (AvgIpc) is 2.77. The molecule has 4 rings (SSSR count). The SMILES string of the molecule is COC(=O)c1ccc(N2CCN(Cc3ccc4nc(C)c(=O)[nH]c4c3C)CC2)c(F)n1.[HH]. The number of nitrogens with one attached hydrogen (secondary N) is 1. The summed E-state index contributed by atoms with van der Waals surface area (Å²) < 4.78 is 19.0. The Morgan fingerprint density at radius 1 is 1.16 bits per heavy atom. The summed E-state index contributed by atoms with van der Waals surface area (Å²) in [6.45, 7) is 7.19. The molecule has 1 aliphatic rings. The van der Waals surface area contributed by atoms with E-state index in [0.717, 1.165) is 41.8 Å². The number of carbonyl (C=O) groups excluding carboxylic acids is 1. The lowest BCUT2D eigenvalue weighted by molar-refractivity contribution is 0.0592. The molecule has 0 saturated carbocycles. The first kappa shape index (κ1) is 20.9. The number of benzene rings is 1. The molecule has 0 unspecified atom stereocenters. The zero-order chi connectivity index (χ0) is 22.1. The fourth-order valence-electron chi connectivity index (χ4n) is 3.87. The molecule has 0 atom stereocenters. The fraction of sp³-hybridized carbons (Fsp3) is 0.364. The first-order chi connectivity index (χ1) is 14.9. The smallest absolute Gasteiger partial charge is 0.356 e. The Labute approximate surface area is 180 Å². The van der Waals surface area contributed by atoms with Crippen LogP contribution in [0.25, 0.3) is 11.0 Å². The van der Waals surface area contributed by atoms with Crippen LogP contribution in [0.5, 0.6) is 0 Å². The molecule has 2 aromatic heterocycles. The van der Waals surface area contributed by atoms with Gasteiger partial charge in [-0.1, -0.05) is 6.07 Å². The zero-order valence-electron chi connectivity index (χ0n) is 17.7. The third-order valence-electron chi connectivity index (χ3n) is 5.74. The van der Waals surface area contributed by atoms with Gasteiger partial charge in [-0.2, -0.15) is 4.39 Å². The normalized spacial score (nSPS) is 14.8. The standard InChI is InChI=1S/C22H24FN5O3.H2/c1-13-15(4-5-16-19(13)26-21(29)14(2)24-16)12-27-8-10-28(11-9-27)18-7-6-17(22(30)31-3)25-20(18)23;/h4-7H,8-12H2,1-3H3,(H,26,29);1H. The number of aryl methyl sites for hydroxylation is 2. The number of hydrogen-bond donors (Lipinski definition) is 1. The Bertz CT molecular complexity index is 1210. The summed E-state index contributed by atoms with van der Waals surface area (Å²) in [6.07, 6.45) is 0. The number of halogens is 1. The van der Waals surface area contributed by atoms with Crippen LogP contribution in [0.4, 0.5) is 10.1 Å². The van der Waals surface area contributed by atoms with Crippen molar-refractivity contribution in [2.24, 2.45) is 0 Å². The zero-order valence-corrected chi connectivity index (χ0v) is 17.7. The fourth-order valence-corrected chi connectivity index (χ4v) is 3.87. The van der Waals surface area contributed by atoms with Gasteiger partial charge in [0.15, 0.2) is 5.69 Å². The minimum absolute atomic E-state index is 0. The van der Waals surface area contributed by atoms with Crippen molar-refractivity contribution in [2.45, 2.75) is 20.4 Å². The number of esters is 1. The van der Waals surface area contributed by atoms with Crippen molar-refractivity contribution < 1.29 is 15.3 Å². The average molecular weight is 427 g/mol. The summed E-state index contributed by atoms with van der Waals surface area (Å²) in [5.41, 5.74) is 4.31. The van der Waals surface area contributed by atoms with Crippen LogP contribution < -0.4 is 10.5 Å². The van der Waals surface area contributed by atoms with Crippen molar-refractivity contribution in [2.75, 3.05) is 38.2 Å². The van der Waals surface area contributed by atoms with E-state index in [1.165, 1.54) is 13.2 Å². The molecular formula is C22H26FN5O3. The number of piperazine rings is 1. The van der Waals surface area contributed by atoms with Crippen LogP contribution in [0.1, 0.15) is 28.7 Å². The quantitative estimate of drug-likeness (QED) is 0.505. The first-order valence-corrected chi connectivity index (χ1v) is 10.1. The number of carbonyl (C=O) groups is 1. The number of methoxy groups -OCH3 is 1. The summed E-state index contributed by atoms with van der Waals surface area (Å²) >= 11 is 0. The van der Waals surface area contributed by atoms with E-state index < -0.39 is 11.9 Å². The van der Waals surface area contributed by atoms with Gasteiger partial charge in [-0.05, 0) is 43.2 Å². The van der Waals surface area contributed by atoms with E-state index in [2.05, 4.69) is 24.6 Å². The number of pyridine rings is 1. The predicted molar refractivity (Wildman–Crippen MR) is 117 cm³/mol. The van der Waals surface area contributed by atoms with Crippen LogP contribution >= 0.6 is 0 Å². The number of H-pyrrole nitrogens is 1. The van der Waals surface area contributed by atoms with Gasteiger partial charge in [-0.3, -0.25) is 9.69 Å². The minimum atomic E-state index is -0.673. The Morgan fingerprint density at radius 2 is 1.90 bits per heavy atom. The highest BCUT2D eigenvalue weighted by Crippen LogP contribution is 2.23. The minimum Gasteiger partial charge on any atom is -0.464 e. The van der Waals surface area contributed by atoms with Gasteiger partial charge in [-0.15, -0.1) is 0 Å². The molecule has 8 nitrogen and oxygen atoms in total. The summed E-state index contributed by atoms with van der Waals surface area (Å²) in [6, 6.07) is 7.03. The van der Waals surface area contributed by atoms with Crippen molar-refractivity contribution >= 4 is 22.7 Å². The van der Waals surface area contributed by atoms with E-state index in [0.29, 0.717) is 24.5 Å². The molecule has 31 heavy (non-hydrogen) atoms. The number of rotatable bonds is 4. The Morgan fingerprint density at radius 3 is 2.58 bits per heavy atom. The summed E-state index contributed by atoms with van der Waals surface area (Å²) in [5, 5.41) is 0. The van der Waals surface area contributed by atoms with Gasteiger partial charge < -0.3 is 14.6 Å². The van der Waals surface area contributed by atoms with E-state index in [1.54, 1.807) is 13.0 Å². The molecule has 1 saturated heterocycles. The van der Waals surface area contributed by atoms with Gasteiger partial charge in [0.05, 0.1) is 23.8 Å². The van der Waals surface area contributed by atoms with Crippen molar-refractivity contribution in [1.82, 2.24) is 19.9 Å². The van der Waals surface area contributed by atoms with Crippen molar-refractivity contribution in [3.8, 4) is 0 Å². The van der Waals surface area contributed by atoms with Gasteiger partial charge in [0.2, 0.25) is 5.95 Å². The molecule has 0 bridgehead atoms. The molecule has 0 radical (unpaired) electrons. The molecule has 1 aromatic carbocycles. The Hall–Kier alpha value is -3.33. The maximum Gasteiger partial charge on any atom is 0.356 e. The molecule has 3 aromatic rings. The van der Waals surface area contributed by atoms with Crippen LogP contribution in [0.3, 0.4) is 0 Å². The maximum atomic E-state index is 14.4. The number of hydrogen-bond acceptors (Lipinski definition) is 7. The second-order valence-corrected chi connectivity index (χ2v) is 7.66. The number of ether oxygens (including phenoxy) is 1. The largest absolute Gasteiger partial charge is 0.464 e. The van der Waals surface area contributed by atoms with Gasteiger partial charge >= 0.3 is 5.97 Å². The highest BCUT2D eigenvalue weighted by atomic mass is 19.1. The van der Waals surface area contributed by atoms with Crippen LogP contribution in [0, 0.1) is 19.8 Å². The van der Waals surface area contributed by atoms with Gasteiger partial charge in [0.1, 0.15) is 5.69 Å². The Kier molecular flexibility index (Phi) is 5.69. The second kappa shape index (κ2) is 8.43. The maximum absolute atomic E-state index is 14.4. The molecule has 1 fully saturated rings. The lowest BCUT2D eigenvalue weighted by atomic mass is 10.1. The van der Waals surface area contributed by atoms with Gasteiger partial charge in [-0.25, -0.2) is 14.8 Å². The Balaban J connectivity index is 0.00000289. The molecule has 164 valence electrons. The topological polar surface area (TPSA) is 91.4 Å². The van der Waals surface area contributed by atoms with E-state index in [9.17, 15) is 14.0 Å². The highest BCUT2D eigenvalue weighted by molar-refractivity contribution is 5.87. The molecule has 3 heterocycles. The summed E-state index contributed by atoms with van der Waals surface area (Å²) in [7, 11) is 1.24. The summed E-state index contributed by atoms with van der Waals surface area (Å²) in [4.78, 5) is 38.7. The molecule has 9 heteroatoms. The highest BCUT2D eigenvalue weighted by Gasteiger charge is 2.22. The van der Waals surface area contributed by atoms with Crippen LogP contribution in [0.15, 0.2) is 29.1 Å². The van der Waals surface area contributed by atoms with E-state index >= 15 is 0 Å². The van der Waals surface area contributed by atoms with Crippen molar-refractivity contribution in [3.63, 3.8) is 0 Å². The van der Waals surface area contributed by atoms with Crippen LogP contribution in [-0.2, 0) is 11.3 Å². The number of fused-ring (bicyclic) bond motifs is 1.